The van der Waals surface area contributed by atoms with Gasteiger partial charge in [-0.05, 0) is 25.7 Å². The van der Waals surface area contributed by atoms with E-state index in [0.29, 0.717) is 0 Å². The van der Waals surface area contributed by atoms with Crippen LogP contribution in [-0.4, -0.2) is 67.7 Å². The van der Waals surface area contributed by atoms with Gasteiger partial charge >= 0.3 is 23.9 Å². The molecule has 0 aromatic rings. The molecule has 154 valence electrons. The van der Waals surface area contributed by atoms with E-state index in [0.717, 1.165) is 25.7 Å². The molecule has 0 radical (unpaired) electrons. The van der Waals surface area contributed by atoms with Gasteiger partial charge in [-0.2, -0.15) is 0 Å². The maximum Gasteiger partial charge on any atom is 0.317 e. The van der Waals surface area contributed by atoms with E-state index in [9.17, 15) is 19.2 Å². The lowest BCUT2D eigenvalue weighted by Crippen LogP contribution is -2.22. The van der Waals surface area contributed by atoms with E-state index in [2.05, 4.69) is 0 Å². The molecule has 0 aromatic heterocycles. The van der Waals surface area contributed by atoms with E-state index in [1.54, 1.807) is 0 Å². The molecule has 0 spiro atoms. The van der Waals surface area contributed by atoms with Gasteiger partial charge in [-0.1, -0.05) is 26.7 Å². The molecule has 0 amide bonds. The first-order valence-corrected chi connectivity index (χ1v) is 8.23. The summed E-state index contributed by atoms with van der Waals surface area (Å²) in [5, 5.41) is 49.3. The van der Waals surface area contributed by atoms with Gasteiger partial charge in [0, 0.05) is 13.2 Å². The van der Waals surface area contributed by atoms with E-state index in [4.69, 9.17) is 30.6 Å². The van der Waals surface area contributed by atoms with Crippen LogP contribution in [0.15, 0.2) is 0 Å². The fourth-order valence-corrected chi connectivity index (χ4v) is 1.49. The molecule has 0 fully saturated rings. The molecule has 0 rings (SSSR count). The molecular weight excluding hydrogens is 352 g/mol. The first kappa shape index (κ1) is 28.6. The average molecular weight is 382 g/mol. The van der Waals surface area contributed by atoms with Crippen molar-refractivity contribution in [2.75, 3.05) is 13.2 Å². The summed E-state index contributed by atoms with van der Waals surface area (Å²) < 4.78 is 0. The molecular formula is C16H30O10. The van der Waals surface area contributed by atoms with Crippen LogP contribution in [0.3, 0.4) is 0 Å². The third kappa shape index (κ3) is 18.1. The highest BCUT2D eigenvalue weighted by molar-refractivity contribution is 5.93. The molecule has 10 heteroatoms. The number of aliphatic carboxylic acids is 4. The van der Waals surface area contributed by atoms with Crippen molar-refractivity contribution < 1.29 is 49.8 Å². The van der Waals surface area contributed by atoms with Crippen LogP contribution in [-0.2, 0) is 19.2 Å². The van der Waals surface area contributed by atoms with Crippen LogP contribution in [0.1, 0.15) is 52.4 Å². The maximum atomic E-state index is 9.99. The maximum absolute atomic E-state index is 9.99. The molecule has 0 aliphatic carbocycles. The summed E-state index contributed by atoms with van der Waals surface area (Å²) in [6.45, 7) is 3.61. The zero-order valence-corrected chi connectivity index (χ0v) is 15.1. The molecule has 0 saturated carbocycles. The van der Waals surface area contributed by atoms with Crippen LogP contribution in [0.2, 0.25) is 0 Å². The van der Waals surface area contributed by atoms with Crippen molar-refractivity contribution in [2.24, 2.45) is 11.8 Å². The van der Waals surface area contributed by atoms with E-state index >= 15 is 0 Å². The molecule has 0 unspecified atom stereocenters. The Morgan fingerprint density at radius 3 is 0.885 bits per heavy atom. The van der Waals surface area contributed by atoms with Crippen molar-refractivity contribution in [3.05, 3.63) is 0 Å². The van der Waals surface area contributed by atoms with Gasteiger partial charge in [-0.3, -0.25) is 19.2 Å². The molecule has 0 bridgehead atoms. The summed E-state index contributed by atoms with van der Waals surface area (Å²) in [4.78, 5) is 40.0. The van der Waals surface area contributed by atoms with Crippen molar-refractivity contribution >= 4 is 23.9 Å². The quantitative estimate of drug-likeness (QED) is 0.221. The third-order valence-electron chi connectivity index (χ3n) is 3.08. The number of hydrogen-bond acceptors (Lipinski definition) is 6. The number of aliphatic hydroxyl groups is 2. The molecule has 0 heterocycles. The molecule has 0 aliphatic rings. The number of rotatable bonds is 11. The van der Waals surface area contributed by atoms with Gasteiger partial charge in [0.2, 0.25) is 0 Å². The minimum Gasteiger partial charge on any atom is -0.481 e. The van der Waals surface area contributed by atoms with Gasteiger partial charge in [0.05, 0.1) is 0 Å². The van der Waals surface area contributed by atoms with Gasteiger partial charge in [0.1, 0.15) is 0 Å². The molecule has 10 nitrogen and oxygen atoms in total. The van der Waals surface area contributed by atoms with Gasteiger partial charge < -0.3 is 30.6 Å². The van der Waals surface area contributed by atoms with E-state index < -0.39 is 35.7 Å². The Kier molecular flexibility index (Phi) is 21.0. The van der Waals surface area contributed by atoms with Gasteiger partial charge in [0.15, 0.2) is 11.8 Å². The van der Waals surface area contributed by atoms with Crippen LogP contribution in [0, 0.1) is 11.8 Å². The lowest BCUT2D eigenvalue weighted by molar-refractivity contribution is -0.156. The fourth-order valence-electron chi connectivity index (χ4n) is 1.49. The Morgan fingerprint density at radius 2 is 0.808 bits per heavy atom. The standard InChI is InChI=1S/C6H14O2.2C5H8O4/c7-5-3-1-2-4-6-8;2*1-2-3(4(6)7)5(8)9/h7-8H,1-6H2;2*3H,2H2,1H3,(H,6,7)(H,8,9). The van der Waals surface area contributed by atoms with Crippen molar-refractivity contribution in [2.45, 2.75) is 52.4 Å². The Hall–Kier alpha value is -2.20. The van der Waals surface area contributed by atoms with Crippen molar-refractivity contribution in [1.29, 1.82) is 0 Å². The second kappa shape index (κ2) is 19.1. The lowest BCUT2D eigenvalue weighted by Gasteiger charge is -2.00. The summed E-state index contributed by atoms with van der Waals surface area (Å²) in [7, 11) is 0. The molecule has 0 saturated heterocycles. The highest BCUT2D eigenvalue weighted by Gasteiger charge is 2.23. The largest absolute Gasteiger partial charge is 0.481 e. The summed E-state index contributed by atoms with van der Waals surface area (Å²) in [5.41, 5.74) is 0. The molecule has 26 heavy (non-hydrogen) atoms. The number of unbranched alkanes of at least 4 members (excludes halogenated alkanes) is 3. The molecule has 0 aromatic carbocycles. The zero-order valence-electron chi connectivity index (χ0n) is 15.1. The molecule has 6 N–H and O–H groups in total. The average Bonchev–Trinajstić information content (AvgIpc) is 2.52. The Balaban J connectivity index is -0.000000306. The first-order chi connectivity index (χ1) is 12.1. The predicted octanol–water partition coefficient (Wildman–Crippen LogP) is 0.895. The second-order valence-electron chi connectivity index (χ2n) is 5.14. The smallest absolute Gasteiger partial charge is 0.317 e. The van der Waals surface area contributed by atoms with E-state index in [1.807, 2.05) is 0 Å². The number of aliphatic hydroxyl groups excluding tert-OH is 2. The first-order valence-electron chi connectivity index (χ1n) is 8.23. The number of hydrogen-bond donors (Lipinski definition) is 6. The van der Waals surface area contributed by atoms with Crippen LogP contribution in [0.25, 0.3) is 0 Å². The highest BCUT2D eigenvalue weighted by atomic mass is 16.4. The summed E-state index contributed by atoms with van der Waals surface area (Å²) >= 11 is 0. The van der Waals surface area contributed by atoms with Crippen molar-refractivity contribution in [3.63, 3.8) is 0 Å². The number of carboxylic acids is 4. The third-order valence-corrected chi connectivity index (χ3v) is 3.08. The van der Waals surface area contributed by atoms with Crippen molar-refractivity contribution in [3.8, 4) is 0 Å². The normalized spacial score (nSPS) is 9.62. The van der Waals surface area contributed by atoms with Crippen LogP contribution < -0.4 is 0 Å². The Labute approximate surface area is 152 Å². The van der Waals surface area contributed by atoms with Crippen LogP contribution in [0.5, 0.6) is 0 Å². The Morgan fingerprint density at radius 1 is 0.577 bits per heavy atom. The predicted molar refractivity (Wildman–Crippen MR) is 90.7 cm³/mol. The van der Waals surface area contributed by atoms with Crippen LogP contribution >= 0.6 is 0 Å². The minimum atomic E-state index is -1.27. The van der Waals surface area contributed by atoms with Crippen molar-refractivity contribution in [1.82, 2.24) is 0 Å². The summed E-state index contributed by atoms with van der Waals surface area (Å²) in [6.07, 6.45) is 4.09. The SMILES string of the molecule is CCC(C(=O)O)C(=O)O.CCC(C(=O)O)C(=O)O.OCCCCCCO. The van der Waals surface area contributed by atoms with Crippen LogP contribution in [0.4, 0.5) is 0 Å². The fraction of sp³-hybridized carbons (Fsp3) is 0.750. The molecule has 0 atom stereocenters. The van der Waals surface area contributed by atoms with Gasteiger partial charge in [0.25, 0.3) is 0 Å². The second-order valence-corrected chi connectivity index (χ2v) is 5.14. The highest BCUT2D eigenvalue weighted by Crippen LogP contribution is 2.01. The lowest BCUT2D eigenvalue weighted by atomic mass is 10.1. The number of carbonyl (C=O) groups is 4. The van der Waals surface area contributed by atoms with E-state index in [1.165, 1.54) is 13.8 Å². The number of carboxylic acid groups (broad SMARTS) is 4. The summed E-state index contributed by atoms with van der Waals surface area (Å²) in [6, 6.07) is 0. The van der Waals surface area contributed by atoms with Gasteiger partial charge in [-0.25, -0.2) is 0 Å². The topological polar surface area (TPSA) is 190 Å². The minimum absolute atomic E-state index is 0.130. The zero-order chi connectivity index (χ0) is 21.1. The summed E-state index contributed by atoms with van der Waals surface area (Å²) in [5.74, 6) is -7.58. The molecule has 0 aliphatic heterocycles. The van der Waals surface area contributed by atoms with E-state index in [-0.39, 0.29) is 26.1 Å². The Bertz CT molecular complexity index is 342. The van der Waals surface area contributed by atoms with Gasteiger partial charge in [-0.15, -0.1) is 0 Å². The monoisotopic (exact) mass is 382 g/mol.